The van der Waals surface area contributed by atoms with Crippen LogP contribution < -0.4 is 0 Å². The Bertz CT molecular complexity index is 788. The molecule has 0 radical (unpaired) electrons. The Morgan fingerprint density at radius 3 is 2.10 bits per heavy atom. The van der Waals surface area contributed by atoms with Crippen molar-refractivity contribution in [1.82, 2.24) is 0 Å². The Balaban J connectivity index is 2.39. The van der Waals surface area contributed by atoms with Crippen LogP contribution >= 0.6 is 0 Å². The van der Waals surface area contributed by atoms with Crippen LogP contribution in [0.4, 0.5) is 0 Å². The van der Waals surface area contributed by atoms with Crippen molar-refractivity contribution >= 4 is 11.6 Å². The van der Waals surface area contributed by atoms with E-state index in [-0.39, 0.29) is 51.2 Å². The lowest BCUT2D eigenvalue weighted by atomic mass is 9.79. The fourth-order valence-electron chi connectivity index (χ4n) is 2.86. The Morgan fingerprint density at radius 1 is 0.810 bits per heavy atom. The van der Waals surface area contributed by atoms with Gasteiger partial charge in [0, 0.05) is 22.3 Å². The third kappa shape index (κ3) is 1.76. The van der Waals surface area contributed by atoms with E-state index in [2.05, 4.69) is 0 Å². The maximum absolute atomic E-state index is 12.7. The van der Waals surface area contributed by atoms with Crippen LogP contribution in [0.2, 0.25) is 0 Å². The molecule has 2 N–H and O–H groups in total. The number of hydrogen-bond acceptors (Lipinski definition) is 4. The number of carbonyl (C=O) groups is 2. The molecule has 21 heavy (non-hydrogen) atoms. The Kier molecular flexibility index (Phi) is 2.83. The highest BCUT2D eigenvalue weighted by Gasteiger charge is 2.35. The number of hydrogen-bond donors (Lipinski definition) is 2. The number of rotatable bonds is 1. The lowest BCUT2D eigenvalue weighted by molar-refractivity contribution is 0.0975. The van der Waals surface area contributed by atoms with Gasteiger partial charge in [0.25, 0.3) is 0 Å². The lowest BCUT2D eigenvalue weighted by Crippen LogP contribution is -2.23. The van der Waals surface area contributed by atoms with Crippen LogP contribution in [0.1, 0.15) is 57.2 Å². The molecular weight excluding hydrogens is 268 g/mol. The third-order valence-corrected chi connectivity index (χ3v) is 3.79. The van der Waals surface area contributed by atoms with E-state index in [9.17, 15) is 19.8 Å². The SMILES string of the molecule is CC(C)c1c(O)ccc2c1C(=O)c1cccc(O)c1C2=O. The van der Waals surface area contributed by atoms with Gasteiger partial charge >= 0.3 is 0 Å². The van der Waals surface area contributed by atoms with Crippen LogP contribution in [0.15, 0.2) is 30.3 Å². The second-order valence-electron chi connectivity index (χ2n) is 5.43. The van der Waals surface area contributed by atoms with Crippen LogP contribution in [-0.2, 0) is 0 Å². The first-order chi connectivity index (χ1) is 9.93. The number of phenols is 2. The number of benzene rings is 2. The normalized spacial score (nSPS) is 13.3. The molecule has 106 valence electrons. The fourth-order valence-corrected chi connectivity index (χ4v) is 2.86. The molecule has 0 aliphatic heterocycles. The summed E-state index contributed by atoms with van der Waals surface area (Å²) in [4.78, 5) is 25.3. The second kappa shape index (κ2) is 4.45. The quantitative estimate of drug-likeness (QED) is 0.719. The van der Waals surface area contributed by atoms with Gasteiger partial charge < -0.3 is 10.2 Å². The molecule has 0 atom stereocenters. The van der Waals surface area contributed by atoms with Crippen molar-refractivity contribution < 1.29 is 19.8 Å². The minimum Gasteiger partial charge on any atom is -0.508 e. The van der Waals surface area contributed by atoms with Gasteiger partial charge in [-0.05, 0) is 24.1 Å². The highest BCUT2D eigenvalue weighted by atomic mass is 16.3. The maximum Gasteiger partial charge on any atom is 0.198 e. The molecule has 0 heterocycles. The van der Waals surface area contributed by atoms with Crippen LogP contribution in [0.3, 0.4) is 0 Å². The van der Waals surface area contributed by atoms with Gasteiger partial charge in [-0.2, -0.15) is 0 Å². The summed E-state index contributed by atoms with van der Waals surface area (Å²) in [5, 5.41) is 19.9. The molecule has 4 heteroatoms. The van der Waals surface area contributed by atoms with Crippen molar-refractivity contribution in [3.8, 4) is 11.5 Å². The summed E-state index contributed by atoms with van der Waals surface area (Å²) in [5.41, 5.74) is 1.17. The van der Waals surface area contributed by atoms with E-state index in [1.54, 1.807) is 0 Å². The van der Waals surface area contributed by atoms with Crippen LogP contribution in [0, 0.1) is 0 Å². The van der Waals surface area contributed by atoms with Gasteiger partial charge in [-0.25, -0.2) is 0 Å². The van der Waals surface area contributed by atoms with Crippen molar-refractivity contribution in [2.45, 2.75) is 19.8 Å². The van der Waals surface area contributed by atoms with Gasteiger partial charge in [-0.3, -0.25) is 9.59 Å². The molecule has 0 aromatic heterocycles. The van der Waals surface area contributed by atoms with Gasteiger partial charge in [0.2, 0.25) is 0 Å². The molecule has 1 aliphatic carbocycles. The van der Waals surface area contributed by atoms with E-state index < -0.39 is 0 Å². The van der Waals surface area contributed by atoms with Crippen molar-refractivity contribution in [2.24, 2.45) is 0 Å². The standard InChI is InChI=1S/C17H14O4/c1-8(2)13-12(19)7-6-10-15(13)17(21)9-4-3-5-11(18)14(9)16(10)20/h3-8,18-19H,1-2H3. The molecule has 4 nitrogen and oxygen atoms in total. The summed E-state index contributed by atoms with van der Waals surface area (Å²) in [6.45, 7) is 3.70. The van der Waals surface area contributed by atoms with Crippen molar-refractivity contribution in [2.75, 3.05) is 0 Å². The monoisotopic (exact) mass is 282 g/mol. The van der Waals surface area contributed by atoms with E-state index in [0.717, 1.165) is 0 Å². The molecule has 0 amide bonds. The first-order valence-corrected chi connectivity index (χ1v) is 6.70. The van der Waals surface area contributed by atoms with Gasteiger partial charge in [0.05, 0.1) is 5.56 Å². The Morgan fingerprint density at radius 2 is 1.43 bits per heavy atom. The van der Waals surface area contributed by atoms with Crippen molar-refractivity contribution in [3.63, 3.8) is 0 Å². The predicted octanol–water partition coefficient (Wildman–Crippen LogP) is 3.00. The molecule has 1 aliphatic rings. The zero-order valence-corrected chi connectivity index (χ0v) is 11.7. The van der Waals surface area contributed by atoms with E-state index in [1.165, 1.54) is 30.3 Å². The molecule has 3 rings (SSSR count). The van der Waals surface area contributed by atoms with Gasteiger partial charge in [-0.1, -0.05) is 26.0 Å². The number of ketones is 2. The molecule has 0 unspecified atom stereocenters. The minimum absolute atomic E-state index is 0.00787. The summed E-state index contributed by atoms with van der Waals surface area (Å²) in [6.07, 6.45) is 0. The molecular formula is C17H14O4. The van der Waals surface area contributed by atoms with Gasteiger partial charge in [-0.15, -0.1) is 0 Å². The first-order valence-electron chi connectivity index (χ1n) is 6.70. The fraction of sp³-hybridized carbons (Fsp3) is 0.176. The zero-order chi connectivity index (χ0) is 15.3. The van der Waals surface area contributed by atoms with Crippen LogP contribution in [0.25, 0.3) is 0 Å². The summed E-state index contributed by atoms with van der Waals surface area (Å²) >= 11 is 0. The van der Waals surface area contributed by atoms with Crippen molar-refractivity contribution in [1.29, 1.82) is 0 Å². The highest BCUT2D eigenvalue weighted by Crippen LogP contribution is 2.39. The summed E-state index contributed by atoms with van der Waals surface area (Å²) in [6, 6.07) is 7.30. The zero-order valence-electron chi connectivity index (χ0n) is 11.7. The molecule has 2 aromatic rings. The van der Waals surface area contributed by atoms with Gasteiger partial charge in [0.1, 0.15) is 11.5 Å². The minimum atomic E-state index is -0.389. The van der Waals surface area contributed by atoms with E-state index in [0.29, 0.717) is 5.56 Å². The highest BCUT2D eigenvalue weighted by molar-refractivity contribution is 6.30. The molecule has 0 spiro atoms. The average molecular weight is 282 g/mol. The molecule has 0 fully saturated rings. The number of fused-ring (bicyclic) bond motifs is 2. The summed E-state index contributed by atoms with van der Waals surface area (Å²) in [7, 11) is 0. The number of carbonyl (C=O) groups excluding carboxylic acids is 2. The average Bonchev–Trinajstić information content (AvgIpc) is 2.43. The van der Waals surface area contributed by atoms with Crippen LogP contribution in [0.5, 0.6) is 11.5 Å². The maximum atomic E-state index is 12.7. The number of aromatic hydroxyl groups is 2. The molecule has 2 aromatic carbocycles. The van der Waals surface area contributed by atoms with Crippen molar-refractivity contribution in [3.05, 3.63) is 58.1 Å². The summed E-state index contributed by atoms with van der Waals surface area (Å²) in [5.74, 6) is -1.02. The third-order valence-electron chi connectivity index (χ3n) is 3.79. The van der Waals surface area contributed by atoms with Gasteiger partial charge in [0.15, 0.2) is 11.6 Å². The largest absolute Gasteiger partial charge is 0.508 e. The van der Waals surface area contributed by atoms with E-state index in [4.69, 9.17) is 0 Å². The summed E-state index contributed by atoms with van der Waals surface area (Å²) < 4.78 is 0. The Hall–Kier alpha value is -2.62. The second-order valence-corrected chi connectivity index (χ2v) is 5.43. The number of phenolic OH excluding ortho intramolecular Hbond substituents is 2. The smallest absolute Gasteiger partial charge is 0.198 e. The van der Waals surface area contributed by atoms with E-state index in [1.807, 2.05) is 13.8 Å². The van der Waals surface area contributed by atoms with Crippen LogP contribution in [-0.4, -0.2) is 21.8 Å². The Labute approximate surface area is 121 Å². The molecule has 0 bridgehead atoms. The molecule has 0 saturated carbocycles. The first kappa shape index (κ1) is 13.4. The van der Waals surface area contributed by atoms with E-state index >= 15 is 0 Å². The predicted molar refractivity (Wildman–Crippen MR) is 77.2 cm³/mol. The topological polar surface area (TPSA) is 74.6 Å². The molecule has 0 saturated heterocycles. The lowest BCUT2D eigenvalue weighted by Gasteiger charge is -2.23.